The van der Waals surface area contributed by atoms with Crippen molar-refractivity contribution in [2.24, 2.45) is 0 Å². The van der Waals surface area contributed by atoms with E-state index in [1.165, 1.54) is 11.1 Å². The molecule has 2 rings (SSSR count). The normalized spacial score (nSPS) is 10.9. The Hall–Kier alpha value is -1.51. The van der Waals surface area contributed by atoms with Crippen molar-refractivity contribution in [3.63, 3.8) is 0 Å². The van der Waals surface area contributed by atoms with Crippen LogP contribution < -0.4 is 4.90 Å². The zero-order chi connectivity index (χ0) is 10.3. The number of aromatic nitrogens is 2. The number of aromatic amines is 1. The predicted octanol–water partition coefficient (Wildman–Crippen LogP) is 2.25. The molecule has 74 valence electrons. The second kappa shape index (κ2) is 3.01. The number of nitrogens with zero attached hydrogens (tertiary/aromatic N) is 2. The molecule has 0 atom stereocenters. The largest absolute Gasteiger partial charge is 0.349 e. The van der Waals surface area contributed by atoms with Crippen LogP contribution in [-0.4, -0.2) is 24.1 Å². The first-order valence-electron chi connectivity index (χ1n) is 4.72. The quantitative estimate of drug-likeness (QED) is 0.746. The smallest absolute Gasteiger partial charge is 0.203 e. The molecule has 1 heterocycles. The standard InChI is InChI=1S/C11H15N3/c1-7-5-9-10(6-8(7)2)13-11(12-9)14(3)4/h5-6H,1-4H3,(H,12,13). The summed E-state index contributed by atoms with van der Waals surface area (Å²) in [4.78, 5) is 9.74. The molecule has 1 N–H and O–H groups in total. The summed E-state index contributed by atoms with van der Waals surface area (Å²) < 4.78 is 0. The van der Waals surface area contributed by atoms with E-state index < -0.39 is 0 Å². The van der Waals surface area contributed by atoms with Gasteiger partial charge in [0.2, 0.25) is 5.95 Å². The minimum Gasteiger partial charge on any atom is -0.349 e. The summed E-state index contributed by atoms with van der Waals surface area (Å²) in [6.07, 6.45) is 0. The molecule has 0 radical (unpaired) electrons. The van der Waals surface area contributed by atoms with Gasteiger partial charge in [0, 0.05) is 14.1 Å². The molecule has 0 saturated carbocycles. The van der Waals surface area contributed by atoms with Crippen LogP contribution in [0.5, 0.6) is 0 Å². The summed E-state index contributed by atoms with van der Waals surface area (Å²) in [5.41, 5.74) is 4.73. The Bertz CT molecular complexity index is 430. The van der Waals surface area contributed by atoms with Crippen LogP contribution in [0.4, 0.5) is 5.95 Å². The average Bonchev–Trinajstić information content (AvgIpc) is 2.48. The van der Waals surface area contributed by atoms with Crippen molar-refractivity contribution in [2.75, 3.05) is 19.0 Å². The molecule has 3 heteroatoms. The first-order chi connectivity index (χ1) is 6.58. The van der Waals surface area contributed by atoms with Crippen molar-refractivity contribution < 1.29 is 0 Å². The fourth-order valence-corrected chi connectivity index (χ4v) is 1.47. The van der Waals surface area contributed by atoms with E-state index in [1.54, 1.807) is 0 Å². The number of hydrogen-bond acceptors (Lipinski definition) is 2. The Morgan fingerprint density at radius 2 is 1.79 bits per heavy atom. The number of fused-ring (bicyclic) bond motifs is 1. The third-order valence-corrected chi connectivity index (χ3v) is 2.51. The first-order valence-corrected chi connectivity index (χ1v) is 4.72. The molecule has 0 amide bonds. The summed E-state index contributed by atoms with van der Waals surface area (Å²) in [5, 5.41) is 0. The van der Waals surface area contributed by atoms with Crippen molar-refractivity contribution in [2.45, 2.75) is 13.8 Å². The van der Waals surface area contributed by atoms with Crippen LogP contribution in [0.15, 0.2) is 12.1 Å². The maximum Gasteiger partial charge on any atom is 0.203 e. The number of nitrogens with one attached hydrogen (secondary N) is 1. The molecule has 3 nitrogen and oxygen atoms in total. The summed E-state index contributed by atoms with van der Waals surface area (Å²) in [6, 6.07) is 4.26. The molecule has 0 saturated heterocycles. The number of H-pyrrole nitrogens is 1. The van der Waals surface area contributed by atoms with E-state index in [1.807, 2.05) is 19.0 Å². The van der Waals surface area contributed by atoms with Crippen LogP contribution in [0.1, 0.15) is 11.1 Å². The minimum absolute atomic E-state index is 0.907. The molecule has 0 aliphatic carbocycles. The van der Waals surface area contributed by atoms with E-state index in [-0.39, 0.29) is 0 Å². The third-order valence-electron chi connectivity index (χ3n) is 2.51. The molecule has 0 unspecified atom stereocenters. The van der Waals surface area contributed by atoms with Crippen LogP contribution in [0.3, 0.4) is 0 Å². The maximum atomic E-state index is 4.48. The SMILES string of the molecule is Cc1cc2nc(N(C)C)[nH]c2cc1C. The monoisotopic (exact) mass is 189 g/mol. The minimum atomic E-state index is 0.907. The average molecular weight is 189 g/mol. The van der Waals surface area contributed by atoms with E-state index in [4.69, 9.17) is 0 Å². The van der Waals surface area contributed by atoms with Gasteiger partial charge in [0.25, 0.3) is 0 Å². The van der Waals surface area contributed by atoms with E-state index in [9.17, 15) is 0 Å². The molecule has 1 aromatic heterocycles. The molecule has 0 spiro atoms. The summed E-state index contributed by atoms with van der Waals surface area (Å²) >= 11 is 0. The molecule has 0 aliphatic heterocycles. The van der Waals surface area contributed by atoms with Crippen molar-refractivity contribution in [3.8, 4) is 0 Å². The number of rotatable bonds is 1. The number of aryl methyl sites for hydroxylation is 2. The van der Waals surface area contributed by atoms with Crippen molar-refractivity contribution >= 4 is 17.0 Å². The molecule has 0 bridgehead atoms. The van der Waals surface area contributed by atoms with Crippen molar-refractivity contribution in [1.82, 2.24) is 9.97 Å². The highest BCUT2D eigenvalue weighted by Crippen LogP contribution is 2.19. The molecular formula is C11H15N3. The Kier molecular flexibility index (Phi) is 1.95. The predicted molar refractivity (Wildman–Crippen MR) is 59.9 cm³/mol. The van der Waals surface area contributed by atoms with Crippen molar-refractivity contribution in [1.29, 1.82) is 0 Å². The van der Waals surface area contributed by atoms with Gasteiger partial charge in [-0.1, -0.05) is 0 Å². The lowest BCUT2D eigenvalue weighted by Gasteiger charge is -2.05. The highest BCUT2D eigenvalue weighted by Gasteiger charge is 2.05. The maximum absolute atomic E-state index is 4.48. The summed E-state index contributed by atoms with van der Waals surface area (Å²) in [6.45, 7) is 4.23. The van der Waals surface area contributed by atoms with Crippen LogP contribution in [0.25, 0.3) is 11.0 Å². The summed E-state index contributed by atoms with van der Waals surface area (Å²) in [7, 11) is 3.97. The molecular weight excluding hydrogens is 174 g/mol. The fraction of sp³-hybridized carbons (Fsp3) is 0.364. The lowest BCUT2D eigenvalue weighted by Crippen LogP contribution is -2.09. The van der Waals surface area contributed by atoms with Crippen LogP contribution >= 0.6 is 0 Å². The Labute approximate surface area is 83.8 Å². The van der Waals surface area contributed by atoms with Gasteiger partial charge >= 0.3 is 0 Å². The van der Waals surface area contributed by atoms with Gasteiger partial charge in [-0.2, -0.15) is 0 Å². The van der Waals surface area contributed by atoms with Crippen molar-refractivity contribution in [3.05, 3.63) is 23.3 Å². The van der Waals surface area contributed by atoms with Gasteiger partial charge in [-0.25, -0.2) is 4.98 Å². The Balaban J connectivity index is 2.66. The Morgan fingerprint density at radius 3 is 2.43 bits per heavy atom. The molecule has 1 aromatic carbocycles. The van der Waals surface area contributed by atoms with Gasteiger partial charge in [-0.05, 0) is 37.1 Å². The topological polar surface area (TPSA) is 31.9 Å². The van der Waals surface area contributed by atoms with Gasteiger partial charge in [0.05, 0.1) is 11.0 Å². The Morgan fingerprint density at radius 1 is 1.14 bits per heavy atom. The zero-order valence-corrected chi connectivity index (χ0v) is 9.05. The molecule has 14 heavy (non-hydrogen) atoms. The van der Waals surface area contributed by atoms with E-state index in [0.29, 0.717) is 0 Å². The van der Waals surface area contributed by atoms with Crippen LogP contribution in [0.2, 0.25) is 0 Å². The molecule has 2 aromatic rings. The van der Waals surface area contributed by atoms with Gasteiger partial charge in [-0.3, -0.25) is 0 Å². The van der Waals surface area contributed by atoms with Gasteiger partial charge in [0.15, 0.2) is 0 Å². The highest BCUT2D eigenvalue weighted by atomic mass is 15.2. The first kappa shape index (κ1) is 9.06. The number of imidazole rings is 1. The third kappa shape index (κ3) is 1.35. The van der Waals surface area contributed by atoms with Gasteiger partial charge < -0.3 is 9.88 Å². The molecule has 0 fully saturated rings. The van der Waals surface area contributed by atoms with E-state index in [0.717, 1.165) is 17.0 Å². The zero-order valence-electron chi connectivity index (χ0n) is 9.05. The number of benzene rings is 1. The number of hydrogen-bond donors (Lipinski definition) is 1. The second-order valence-electron chi connectivity index (χ2n) is 3.91. The molecule has 0 aliphatic rings. The van der Waals surface area contributed by atoms with Crippen LogP contribution in [0, 0.1) is 13.8 Å². The summed E-state index contributed by atoms with van der Waals surface area (Å²) in [5.74, 6) is 0.907. The number of anilines is 1. The van der Waals surface area contributed by atoms with Crippen LogP contribution in [-0.2, 0) is 0 Å². The van der Waals surface area contributed by atoms with E-state index in [2.05, 4.69) is 35.9 Å². The van der Waals surface area contributed by atoms with Gasteiger partial charge in [0.1, 0.15) is 0 Å². The second-order valence-corrected chi connectivity index (χ2v) is 3.91. The highest BCUT2D eigenvalue weighted by molar-refractivity contribution is 5.79. The van der Waals surface area contributed by atoms with E-state index >= 15 is 0 Å². The fourth-order valence-electron chi connectivity index (χ4n) is 1.47. The van der Waals surface area contributed by atoms with Gasteiger partial charge in [-0.15, -0.1) is 0 Å². The lowest BCUT2D eigenvalue weighted by atomic mass is 10.1. The lowest BCUT2D eigenvalue weighted by molar-refractivity contribution is 1.05.